The van der Waals surface area contributed by atoms with Gasteiger partial charge in [-0.25, -0.2) is 4.98 Å². The number of nitrogens with one attached hydrogen (secondary N) is 1. The fourth-order valence-electron chi connectivity index (χ4n) is 2.19. The molecule has 1 N–H and O–H groups in total. The van der Waals surface area contributed by atoms with Crippen LogP contribution < -0.4 is 5.32 Å². The number of benzene rings is 1. The van der Waals surface area contributed by atoms with E-state index in [2.05, 4.69) is 31.3 Å². The third-order valence-corrected chi connectivity index (χ3v) is 3.49. The van der Waals surface area contributed by atoms with E-state index in [1.807, 2.05) is 30.3 Å². The van der Waals surface area contributed by atoms with Gasteiger partial charge in [-0.1, -0.05) is 25.1 Å². The van der Waals surface area contributed by atoms with E-state index in [4.69, 9.17) is 9.40 Å². The summed E-state index contributed by atoms with van der Waals surface area (Å²) in [5.41, 5.74) is 2.87. The lowest BCUT2D eigenvalue weighted by Gasteiger charge is -2.16. The maximum absolute atomic E-state index is 5.52. The van der Waals surface area contributed by atoms with E-state index in [9.17, 15) is 0 Å². The van der Waals surface area contributed by atoms with Gasteiger partial charge in [0, 0.05) is 11.4 Å². The Labute approximate surface area is 118 Å². The zero-order valence-corrected chi connectivity index (χ0v) is 11.8. The predicted molar refractivity (Wildman–Crippen MR) is 82.8 cm³/mol. The molecule has 3 nitrogen and oxygen atoms in total. The van der Waals surface area contributed by atoms with Gasteiger partial charge in [0.25, 0.3) is 0 Å². The van der Waals surface area contributed by atoms with Gasteiger partial charge in [-0.3, -0.25) is 0 Å². The lowest BCUT2D eigenvalue weighted by molar-refractivity contribution is 0.580. The molecule has 0 aliphatic heterocycles. The van der Waals surface area contributed by atoms with Crippen LogP contribution >= 0.6 is 0 Å². The predicted octanol–water partition coefficient (Wildman–Crippen LogP) is 4.71. The van der Waals surface area contributed by atoms with Crippen LogP contribution in [0.15, 0.2) is 53.1 Å². The molecule has 0 saturated heterocycles. The minimum absolute atomic E-state index is 0.395. The van der Waals surface area contributed by atoms with Gasteiger partial charge in [-0.2, -0.15) is 0 Å². The number of furan rings is 1. The van der Waals surface area contributed by atoms with Gasteiger partial charge in [0.1, 0.15) is 5.69 Å². The Morgan fingerprint density at radius 1 is 1.20 bits per heavy atom. The SMILES string of the molecule is CCC(C)Nc1cc2ccccc2nc1-c1ccco1. The summed E-state index contributed by atoms with van der Waals surface area (Å²) in [5.74, 6) is 0.793. The number of nitrogens with zero attached hydrogens (tertiary/aromatic N) is 1. The van der Waals surface area contributed by atoms with Crippen molar-refractivity contribution in [3.05, 3.63) is 48.7 Å². The normalized spacial score (nSPS) is 12.5. The number of aromatic nitrogens is 1. The van der Waals surface area contributed by atoms with Crippen LogP contribution in [-0.2, 0) is 0 Å². The molecule has 0 fully saturated rings. The lowest BCUT2D eigenvalue weighted by atomic mass is 10.1. The quantitative estimate of drug-likeness (QED) is 0.743. The van der Waals surface area contributed by atoms with E-state index >= 15 is 0 Å². The second-order valence-corrected chi connectivity index (χ2v) is 5.01. The van der Waals surface area contributed by atoms with Crippen molar-refractivity contribution in [1.29, 1.82) is 0 Å². The third-order valence-electron chi connectivity index (χ3n) is 3.49. The van der Waals surface area contributed by atoms with Gasteiger partial charge in [-0.05, 0) is 37.6 Å². The summed E-state index contributed by atoms with van der Waals surface area (Å²) in [6.45, 7) is 4.33. The minimum Gasteiger partial charge on any atom is -0.463 e. The fourth-order valence-corrected chi connectivity index (χ4v) is 2.19. The Hall–Kier alpha value is -2.29. The topological polar surface area (TPSA) is 38.1 Å². The molecule has 0 spiro atoms. The van der Waals surface area contributed by atoms with Crippen molar-refractivity contribution in [3.63, 3.8) is 0 Å². The number of pyridine rings is 1. The van der Waals surface area contributed by atoms with Gasteiger partial charge in [0.2, 0.25) is 0 Å². The first-order chi connectivity index (χ1) is 9.78. The highest BCUT2D eigenvalue weighted by atomic mass is 16.3. The maximum atomic E-state index is 5.52. The van der Waals surface area contributed by atoms with Crippen molar-refractivity contribution in [1.82, 2.24) is 4.98 Å². The summed E-state index contributed by atoms with van der Waals surface area (Å²) in [7, 11) is 0. The summed E-state index contributed by atoms with van der Waals surface area (Å²) in [5, 5.41) is 4.65. The molecule has 2 aromatic heterocycles. The zero-order chi connectivity index (χ0) is 13.9. The summed E-state index contributed by atoms with van der Waals surface area (Å²) >= 11 is 0. The van der Waals surface area contributed by atoms with Crippen molar-refractivity contribution in [2.75, 3.05) is 5.32 Å². The van der Waals surface area contributed by atoms with Crippen LogP contribution in [0.25, 0.3) is 22.4 Å². The highest BCUT2D eigenvalue weighted by Crippen LogP contribution is 2.30. The Morgan fingerprint density at radius 2 is 2.05 bits per heavy atom. The molecule has 0 amide bonds. The minimum atomic E-state index is 0.395. The molecule has 3 aromatic rings. The first kappa shape index (κ1) is 12.7. The third kappa shape index (κ3) is 2.39. The lowest BCUT2D eigenvalue weighted by Crippen LogP contribution is -2.14. The Kier molecular flexibility index (Phi) is 3.42. The second kappa shape index (κ2) is 5.37. The smallest absolute Gasteiger partial charge is 0.154 e. The number of hydrogen-bond acceptors (Lipinski definition) is 3. The summed E-state index contributed by atoms with van der Waals surface area (Å²) in [6.07, 6.45) is 2.74. The zero-order valence-electron chi connectivity index (χ0n) is 11.8. The molecule has 3 heteroatoms. The van der Waals surface area contributed by atoms with Gasteiger partial charge in [0.15, 0.2) is 5.76 Å². The molecule has 3 rings (SSSR count). The van der Waals surface area contributed by atoms with Crippen molar-refractivity contribution in [2.24, 2.45) is 0 Å². The first-order valence-electron chi connectivity index (χ1n) is 6.98. The highest BCUT2D eigenvalue weighted by molar-refractivity contribution is 5.87. The van der Waals surface area contributed by atoms with Crippen LogP contribution in [0.4, 0.5) is 5.69 Å². The fraction of sp³-hybridized carbons (Fsp3) is 0.235. The summed E-state index contributed by atoms with van der Waals surface area (Å²) in [6, 6.07) is 14.5. The van der Waals surface area contributed by atoms with E-state index in [0.29, 0.717) is 6.04 Å². The molecule has 0 aliphatic carbocycles. The average molecular weight is 266 g/mol. The van der Waals surface area contributed by atoms with Crippen molar-refractivity contribution < 1.29 is 4.42 Å². The number of rotatable bonds is 4. The van der Waals surface area contributed by atoms with Crippen molar-refractivity contribution in [2.45, 2.75) is 26.3 Å². The van der Waals surface area contributed by atoms with Crippen molar-refractivity contribution >= 4 is 16.6 Å². The Morgan fingerprint density at radius 3 is 2.80 bits per heavy atom. The first-order valence-corrected chi connectivity index (χ1v) is 6.98. The molecule has 1 aromatic carbocycles. The van der Waals surface area contributed by atoms with Crippen LogP contribution in [0.2, 0.25) is 0 Å². The average Bonchev–Trinajstić information content (AvgIpc) is 3.00. The van der Waals surface area contributed by atoms with Gasteiger partial charge in [-0.15, -0.1) is 0 Å². The molecule has 1 unspecified atom stereocenters. The molecule has 0 aliphatic rings. The van der Waals surface area contributed by atoms with Crippen LogP contribution in [0.5, 0.6) is 0 Å². The highest BCUT2D eigenvalue weighted by Gasteiger charge is 2.12. The van der Waals surface area contributed by atoms with Crippen LogP contribution in [0.1, 0.15) is 20.3 Å². The van der Waals surface area contributed by atoms with Gasteiger partial charge < -0.3 is 9.73 Å². The molecule has 0 saturated carbocycles. The van der Waals surface area contributed by atoms with Crippen LogP contribution in [0, 0.1) is 0 Å². The molecule has 2 heterocycles. The Balaban J connectivity index is 2.16. The molecule has 102 valence electrons. The van der Waals surface area contributed by atoms with E-state index in [1.54, 1.807) is 6.26 Å². The van der Waals surface area contributed by atoms with E-state index in [1.165, 1.54) is 0 Å². The molecule has 0 radical (unpaired) electrons. The molecular weight excluding hydrogens is 248 g/mol. The molecule has 0 bridgehead atoms. The molecule has 20 heavy (non-hydrogen) atoms. The number of hydrogen-bond donors (Lipinski definition) is 1. The largest absolute Gasteiger partial charge is 0.463 e. The monoisotopic (exact) mass is 266 g/mol. The number of para-hydroxylation sites is 1. The summed E-state index contributed by atoms with van der Waals surface area (Å²) in [4.78, 5) is 4.75. The van der Waals surface area contributed by atoms with Crippen LogP contribution in [0.3, 0.4) is 0 Å². The van der Waals surface area contributed by atoms with E-state index in [0.717, 1.165) is 34.5 Å². The summed E-state index contributed by atoms with van der Waals surface area (Å²) < 4.78 is 5.52. The van der Waals surface area contributed by atoms with Gasteiger partial charge >= 0.3 is 0 Å². The van der Waals surface area contributed by atoms with Crippen molar-refractivity contribution in [3.8, 4) is 11.5 Å². The van der Waals surface area contributed by atoms with E-state index < -0.39 is 0 Å². The molecule has 1 atom stereocenters. The number of fused-ring (bicyclic) bond motifs is 1. The number of anilines is 1. The standard InChI is InChI=1S/C17H18N2O/c1-3-12(2)18-15-11-13-7-4-5-8-14(13)19-17(15)16-9-6-10-20-16/h4-12,18H,3H2,1-2H3. The van der Waals surface area contributed by atoms with Gasteiger partial charge in [0.05, 0.1) is 17.5 Å². The maximum Gasteiger partial charge on any atom is 0.154 e. The van der Waals surface area contributed by atoms with E-state index in [-0.39, 0.29) is 0 Å². The second-order valence-electron chi connectivity index (χ2n) is 5.01. The molecular formula is C17H18N2O. The van der Waals surface area contributed by atoms with Crippen LogP contribution in [-0.4, -0.2) is 11.0 Å². The Bertz CT molecular complexity index is 704.